The van der Waals surface area contributed by atoms with Crippen molar-refractivity contribution in [2.75, 3.05) is 0 Å². The molecule has 0 saturated carbocycles. The molecule has 1 rings (SSSR count). The first-order valence-electron chi connectivity index (χ1n) is 4.22. The zero-order valence-electron chi connectivity index (χ0n) is 7.72. The van der Waals surface area contributed by atoms with Crippen molar-refractivity contribution in [3.8, 4) is 0 Å². The number of carboxylic acid groups (broad SMARTS) is 1. The molecule has 4 nitrogen and oxygen atoms in total. The fourth-order valence-corrected chi connectivity index (χ4v) is 1.23. The lowest BCUT2D eigenvalue weighted by atomic mass is 10.1. The number of hydrogen-bond acceptors (Lipinski definition) is 3. The van der Waals surface area contributed by atoms with Gasteiger partial charge in [0.1, 0.15) is 0 Å². The topological polar surface area (TPSA) is 63.6 Å². The van der Waals surface area contributed by atoms with Crippen LogP contribution in [0.3, 0.4) is 0 Å². The average Bonchev–Trinajstić information content (AvgIpc) is 2.17. The highest BCUT2D eigenvalue weighted by Gasteiger charge is 2.21. The van der Waals surface area contributed by atoms with Crippen LogP contribution in [0.15, 0.2) is 30.3 Å². The van der Waals surface area contributed by atoms with Crippen LogP contribution in [0.4, 0.5) is 4.79 Å². The van der Waals surface area contributed by atoms with Crippen molar-refractivity contribution >= 4 is 23.0 Å². The summed E-state index contributed by atoms with van der Waals surface area (Å²) in [5.74, 6) is -1.21. The standard InChI is InChI=1S/C10H9ClO4/c11-10(14)15-8(9(12)13)6-7-4-2-1-3-5-7/h1-5,8H,6H2,(H,12,13). The molecular formula is C10H9ClO4. The molecule has 1 aromatic carbocycles. The van der Waals surface area contributed by atoms with Gasteiger partial charge in [0.25, 0.3) is 0 Å². The SMILES string of the molecule is O=C(Cl)OC(Cc1ccccc1)C(=O)O. The van der Waals surface area contributed by atoms with Gasteiger partial charge in [0.05, 0.1) is 0 Å². The summed E-state index contributed by atoms with van der Waals surface area (Å²) in [7, 11) is 0. The Labute approximate surface area is 91.4 Å². The number of carboxylic acids is 1. The summed E-state index contributed by atoms with van der Waals surface area (Å²) < 4.78 is 4.44. The molecule has 0 aliphatic rings. The third-order valence-corrected chi connectivity index (χ3v) is 1.86. The van der Waals surface area contributed by atoms with Gasteiger partial charge in [-0.05, 0) is 5.56 Å². The van der Waals surface area contributed by atoms with Crippen LogP contribution in [0.25, 0.3) is 0 Å². The summed E-state index contributed by atoms with van der Waals surface area (Å²) in [6.45, 7) is 0. The highest BCUT2D eigenvalue weighted by atomic mass is 35.5. The molecule has 80 valence electrons. The van der Waals surface area contributed by atoms with Gasteiger partial charge in [0.2, 0.25) is 6.10 Å². The molecule has 0 saturated heterocycles. The molecule has 0 fully saturated rings. The molecule has 0 aromatic heterocycles. The van der Waals surface area contributed by atoms with Crippen LogP contribution < -0.4 is 0 Å². The minimum Gasteiger partial charge on any atom is -0.478 e. The van der Waals surface area contributed by atoms with Crippen LogP contribution in [0.5, 0.6) is 0 Å². The molecular weight excluding hydrogens is 220 g/mol. The second kappa shape index (κ2) is 5.36. The summed E-state index contributed by atoms with van der Waals surface area (Å²) in [4.78, 5) is 21.1. The minimum atomic E-state index is -1.24. The summed E-state index contributed by atoms with van der Waals surface area (Å²) in [5, 5.41) is 8.75. The van der Waals surface area contributed by atoms with Crippen molar-refractivity contribution in [1.82, 2.24) is 0 Å². The minimum absolute atomic E-state index is 0.106. The van der Waals surface area contributed by atoms with Gasteiger partial charge in [-0.2, -0.15) is 0 Å². The van der Waals surface area contributed by atoms with E-state index >= 15 is 0 Å². The number of ether oxygens (including phenoxy) is 1. The molecule has 0 aliphatic heterocycles. The maximum absolute atomic E-state index is 10.7. The summed E-state index contributed by atoms with van der Waals surface area (Å²) in [6, 6.07) is 8.86. The van der Waals surface area contributed by atoms with Crippen LogP contribution in [0.1, 0.15) is 5.56 Å². The molecule has 0 heterocycles. The van der Waals surface area contributed by atoms with Crippen molar-refractivity contribution in [3.63, 3.8) is 0 Å². The molecule has 0 radical (unpaired) electrons. The second-order valence-corrected chi connectivity index (χ2v) is 3.18. The Bertz CT molecular complexity index is 350. The van der Waals surface area contributed by atoms with E-state index < -0.39 is 17.5 Å². The van der Waals surface area contributed by atoms with Crippen LogP contribution in [-0.4, -0.2) is 22.6 Å². The predicted octanol–water partition coefficient (Wildman–Crippen LogP) is 2.06. The van der Waals surface area contributed by atoms with E-state index in [0.29, 0.717) is 0 Å². The van der Waals surface area contributed by atoms with E-state index in [1.54, 1.807) is 24.3 Å². The average molecular weight is 229 g/mol. The second-order valence-electron chi connectivity index (χ2n) is 2.87. The zero-order chi connectivity index (χ0) is 11.3. The first-order chi connectivity index (χ1) is 7.09. The van der Waals surface area contributed by atoms with Gasteiger partial charge in [-0.15, -0.1) is 0 Å². The number of carbonyl (C=O) groups is 2. The molecule has 15 heavy (non-hydrogen) atoms. The molecule has 1 unspecified atom stereocenters. The van der Waals surface area contributed by atoms with E-state index in [1.165, 1.54) is 0 Å². The van der Waals surface area contributed by atoms with Crippen molar-refractivity contribution in [2.45, 2.75) is 12.5 Å². The van der Waals surface area contributed by atoms with E-state index in [4.69, 9.17) is 16.7 Å². The van der Waals surface area contributed by atoms with Gasteiger partial charge < -0.3 is 9.84 Å². The van der Waals surface area contributed by atoms with Crippen molar-refractivity contribution in [3.05, 3.63) is 35.9 Å². The largest absolute Gasteiger partial charge is 0.478 e. The fourth-order valence-electron chi connectivity index (χ4n) is 1.12. The molecule has 1 aromatic rings. The smallest absolute Gasteiger partial charge is 0.404 e. The molecule has 0 bridgehead atoms. The van der Waals surface area contributed by atoms with E-state index in [-0.39, 0.29) is 6.42 Å². The highest BCUT2D eigenvalue weighted by molar-refractivity contribution is 6.61. The number of hydrogen-bond donors (Lipinski definition) is 1. The Morgan fingerprint density at radius 1 is 1.33 bits per heavy atom. The van der Waals surface area contributed by atoms with E-state index in [9.17, 15) is 9.59 Å². The lowest BCUT2D eigenvalue weighted by molar-refractivity contribution is -0.146. The van der Waals surface area contributed by atoms with E-state index in [2.05, 4.69) is 4.74 Å². The van der Waals surface area contributed by atoms with Crippen LogP contribution in [-0.2, 0) is 16.0 Å². The molecule has 0 aliphatic carbocycles. The zero-order valence-corrected chi connectivity index (χ0v) is 8.48. The fraction of sp³-hybridized carbons (Fsp3) is 0.200. The highest BCUT2D eigenvalue weighted by Crippen LogP contribution is 2.07. The van der Waals surface area contributed by atoms with Gasteiger partial charge in [-0.1, -0.05) is 30.3 Å². The Kier molecular flexibility index (Phi) is 4.12. The number of benzene rings is 1. The summed E-state index contributed by atoms with van der Waals surface area (Å²) in [5.41, 5.74) is -0.346. The van der Waals surface area contributed by atoms with Crippen LogP contribution in [0.2, 0.25) is 0 Å². The molecule has 0 amide bonds. The quantitative estimate of drug-likeness (QED) is 0.802. The Morgan fingerprint density at radius 3 is 2.40 bits per heavy atom. The molecule has 5 heteroatoms. The van der Waals surface area contributed by atoms with Crippen molar-refractivity contribution in [1.29, 1.82) is 0 Å². The maximum atomic E-state index is 10.7. The van der Waals surface area contributed by atoms with Crippen LogP contribution >= 0.6 is 11.6 Å². The van der Waals surface area contributed by atoms with E-state index in [1.807, 2.05) is 6.07 Å². The number of halogens is 1. The van der Waals surface area contributed by atoms with Gasteiger partial charge in [0, 0.05) is 18.0 Å². The third kappa shape index (κ3) is 3.99. The van der Waals surface area contributed by atoms with Gasteiger partial charge in [-0.25, -0.2) is 9.59 Å². The Balaban J connectivity index is 2.67. The van der Waals surface area contributed by atoms with Crippen molar-refractivity contribution in [2.24, 2.45) is 0 Å². The Hall–Kier alpha value is -1.55. The van der Waals surface area contributed by atoms with Gasteiger partial charge in [-0.3, -0.25) is 0 Å². The molecule has 1 atom stereocenters. The first kappa shape index (κ1) is 11.5. The lowest BCUT2D eigenvalue weighted by Crippen LogP contribution is -2.27. The third-order valence-electron chi connectivity index (χ3n) is 1.77. The maximum Gasteiger partial charge on any atom is 0.404 e. The molecule has 0 spiro atoms. The van der Waals surface area contributed by atoms with Gasteiger partial charge in [0.15, 0.2) is 0 Å². The molecule has 1 N–H and O–H groups in total. The predicted molar refractivity (Wildman–Crippen MR) is 53.9 cm³/mol. The number of aliphatic carboxylic acids is 1. The van der Waals surface area contributed by atoms with Crippen LogP contribution in [0, 0.1) is 0 Å². The number of carbonyl (C=O) groups excluding carboxylic acids is 1. The van der Waals surface area contributed by atoms with Crippen molar-refractivity contribution < 1.29 is 19.4 Å². The van der Waals surface area contributed by atoms with Gasteiger partial charge >= 0.3 is 11.4 Å². The monoisotopic (exact) mass is 228 g/mol. The first-order valence-corrected chi connectivity index (χ1v) is 4.60. The normalized spacial score (nSPS) is 11.8. The summed E-state index contributed by atoms with van der Waals surface area (Å²) >= 11 is 4.96. The van der Waals surface area contributed by atoms with E-state index in [0.717, 1.165) is 5.56 Å². The number of rotatable bonds is 4. The summed E-state index contributed by atoms with van der Waals surface area (Å²) in [6.07, 6.45) is -1.13. The lowest BCUT2D eigenvalue weighted by Gasteiger charge is -2.11. The Morgan fingerprint density at radius 2 is 1.93 bits per heavy atom.